The van der Waals surface area contributed by atoms with Crippen LogP contribution in [0.5, 0.6) is 0 Å². The Morgan fingerprint density at radius 3 is 2.56 bits per heavy atom. The molecule has 0 aliphatic carbocycles. The third-order valence-corrected chi connectivity index (χ3v) is 4.25. The van der Waals surface area contributed by atoms with E-state index in [0.717, 1.165) is 11.1 Å². The highest BCUT2D eigenvalue weighted by atomic mass is 35.5. The van der Waals surface area contributed by atoms with Crippen LogP contribution < -0.4 is 11.1 Å². The number of nitrogens with one attached hydrogen (secondary N) is 2. The number of hydrogen-bond donors (Lipinski definition) is 3. The molecule has 7 heteroatoms. The lowest BCUT2D eigenvalue weighted by Gasteiger charge is -2.07. The summed E-state index contributed by atoms with van der Waals surface area (Å²) in [4.78, 5) is 8.94. The number of halogens is 1. The fourth-order valence-corrected chi connectivity index (χ4v) is 2.82. The van der Waals surface area contributed by atoms with Gasteiger partial charge in [-0.05, 0) is 11.6 Å². The van der Waals surface area contributed by atoms with Crippen LogP contribution in [0.2, 0.25) is 5.02 Å². The molecule has 4 aromatic rings. The molecule has 2 aromatic heterocycles. The summed E-state index contributed by atoms with van der Waals surface area (Å²) in [5, 5.41) is 11.8. The lowest BCUT2D eigenvalue weighted by molar-refractivity contribution is 1.05. The van der Waals surface area contributed by atoms with Gasteiger partial charge in [-0.2, -0.15) is 5.10 Å². The van der Waals surface area contributed by atoms with Crippen molar-refractivity contribution >= 4 is 34.3 Å². The third-order valence-electron chi connectivity index (χ3n) is 3.88. The van der Waals surface area contributed by atoms with E-state index in [2.05, 4.69) is 25.5 Å². The van der Waals surface area contributed by atoms with Gasteiger partial charge in [0.05, 0.1) is 0 Å². The van der Waals surface area contributed by atoms with Crippen LogP contribution in [0.1, 0.15) is 5.56 Å². The maximum absolute atomic E-state index is 6.18. The number of fused-ring (bicyclic) bond motifs is 1. The number of nitrogens with two attached hydrogens (primary N) is 1. The third kappa shape index (κ3) is 2.99. The first kappa shape index (κ1) is 15.4. The molecule has 0 aliphatic heterocycles. The van der Waals surface area contributed by atoms with Gasteiger partial charge in [-0.3, -0.25) is 5.10 Å². The highest BCUT2D eigenvalue weighted by Crippen LogP contribution is 2.27. The first-order valence-electron chi connectivity index (χ1n) is 7.76. The summed E-state index contributed by atoms with van der Waals surface area (Å²) in [6, 6.07) is 17.3. The van der Waals surface area contributed by atoms with Gasteiger partial charge < -0.3 is 11.1 Å². The number of aromatic amines is 1. The lowest BCUT2D eigenvalue weighted by atomic mass is 10.2. The van der Waals surface area contributed by atoms with E-state index in [4.69, 9.17) is 17.3 Å². The van der Waals surface area contributed by atoms with E-state index in [-0.39, 0.29) is 0 Å². The Hall–Kier alpha value is -3.12. The summed E-state index contributed by atoms with van der Waals surface area (Å²) < 4.78 is 0. The average molecular weight is 351 g/mol. The number of rotatable bonds is 4. The van der Waals surface area contributed by atoms with E-state index in [0.29, 0.717) is 40.1 Å². The van der Waals surface area contributed by atoms with Crippen LogP contribution >= 0.6 is 11.6 Å². The van der Waals surface area contributed by atoms with E-state index in [9.17, 15) is 0 Å². The molecule has 0 radical (unpaired) electrons. The van der Waals surface area contributed by atoms with E-state index in [1.165, 1.54) is 0 Å². The summed E-state index contributed by atoms with van der Waals surface area (Å²) in [6.07, 6.45) is 0. The molecule has 0 aliphatic rings. The van der Waals surface area contributed by atoms with Gasteiger partial charge in [-0.1, -0.05) is 60.1 Å². The normalized spacial score (nSPS) is 10.9. The Morgan fingerprint density at radius 1 is 1.00 bits per heavy atom. The van der Waals surface area contributed by atoms with Crippen molar-refractivity contribution in [2.24, 2.45) is 0 Å². The fourth-order valence-electron chi connectivity index (χ4n) is 2.62. The SMILES string of the molecule is Nc1nc(-c2ccccc2)nc2[nH]nc(NCc3ccccc3Cl)c12. The van der Waals surface area contributed by atoms with Crippen LogP contribution in [-0.4, -0.2) is 20.2 Å². The number of nitrogen functional groups attached to an aromatic ring is 1. The molecule has 2 aromatic carbocycles. The molecule has 0 atom stereocenters. The maximum Gasteiger partial charge on any atom is 0.163 e. The van der Waals surface area contributed by atoms with Crippen LogP contribution in [0.15, 0.2) is 54.6 Å². The predicted molar refractivity (Wildman–Crippen MR) is 100 cm³/mol. The number of nitrogens with zero attached hydrogens (tertiary/aromatic N) is 3. The predicted octanol–water partition coefficient (Wildman–Crippen LogP) is 3.87. The van der Waals surface area contributed by atoms with Crippen LogP contribution in [0, 0.1) is 0 Å². The topological polar surface area (TPSA) is 92.5 Å². The van der Waals surface area contributed by atoms with Crippen LogP contribution in [0.3, 0.4) is 0 Å². The number of hydrogen-bond acceptors (Lipinski definition) is 5. The first-order valence-corrected chi connectivity index (χ1v) is 8.14. The second-order valence-electron chi connectivity index (χ2n) is 5.54. The molecule has 25 heavy (non-hydrogen) atoms. The molecule has 0 saturated carbocycles. The first-order chi connectivity index (χ1) is 12.2. The van der Waals surface area contributed by atoms with Crippen molar-refractivity contribution in [3.8, 4) is 11.4 Å². The van der Waals surface area contributed by atoms with E-state index >= 15 is 0 Å². The Balaban J connectivity index is 1.67. The van der Waals surface area contributed by atoms with Gasteiger partial charge >= 0.3 is 0 Å². The summed E-state index contributed by atoms with van der Waals surface area (Å²) in [6.45, 7) is 0.527. The number of anilines is 2. The molecular weight excluding hydrogens is 336 g/mol. The van der Waals surface area contributed by atoms with Crippen molar-refractivity contribution in [3.63, 3.8) is 0 Å². The molecule has 0 amide bonds. The molecule has 0 saturated heterocycles. The highest BCUT2D eigenvalue weighted by molar-refractivity contribution is 6.31. The van der Waals surface area contributed by atoms with Crippen molar-refractivity contribution in [2.75, 3.05) is 11.1 Å². The molecular formula is C18H15ClN6. The Kier molecular flexibility index (Phi) is 3.95. The molecule has 4 N–H and O–H groups in total. The van der Waals surface area contributed by atoms with Gasteiger partial charge in [-0.25, -0.2) is 9.97 Å². The van der Waals surface area contributed by atoms with Crippen molar-refractivity contribution in [1.82, 2.24) is 20.2 Å². The minimum absolute atomic E-state index is 0.374. The molecule has 0 spiro atoms. The maximum atomic E-state index is 6.18. The summed E-state index contributed by atoms with van der Waals surface area (Å²) in [5.41, 5.74) is 8.62. The molecule has 124 valence electrons. The van der Waals surface area contributed by atoms with Crippen LogP contribution in [0.25, 0.3) is 22.4 Å². The molecule has 0 bridgehead atoms. The minimum atomic E-state index is 0.374. The van der Waals surface area contributed by atoms with E-state index in [1.807, 2.05) is 54.6 Å². The zero-order valence-electron chi connectivity index (χ0n) is 13.2. The Morgan fingerprint density at radius 2 is 1.76 bits per heavy atom. The molecule has 6 nitrogen and oxygen atoms in total. The van der Waals surface area contributed by atoms with E-state index in [1.54, 1.807) is 0 Å². The zero-order chi connectivity index (χ0) is 17.2. The zero-order valence-corrected chi connectivity index (χ0v) is 14.0. The molecule has 0 fully saturated rings. The van der Waals surface area contributed by atoms with Crippen LogP contribution in [-0.2, 0) is 6.54 Å². The second kappa shape index (κ2) is 6.41. The van der Waals surface area contributed by atoms with Gasteiger partial charge in [0.1, 0.15) is 11.2 Å². The lowest BCUT2D eigenvalue weighted by Crippen LogP contribution is -2.02. The van der Waals surface area contributed by atoms with Gasteiger partial charge in [0.15, 0.2) is 17.3 Å². The van der Waals surface area contributed by atoms with Crippen LogP contribution in [0.4, 0.5) is 11.6 Å². The Bertz CT molecular complexity index is 1030. The van der Waals surface area contributed by atoms with Gasteiger partial charge in [0.2, 0.25) is 0 Å². The van der Waals surface area contributed by atoms with Gasteiger partial charge in [0.25, 0.3) is 0 Å². The summed E-state index contributed by atoms with van der Waals surface area (Å²) >= 11 is 6.18. The highest BCUT2D eigenvalue weighted by Gasteiger charge is 2.14. The Labute approximate surface area is 149 Å². The smallest absolute Gasteiger partial charge is 0.163 e. The monoisotopic (exact) mass is 350 g/mol. The quantitative estimate of drug-likeness (QED) is 0.519. The largest absolute Gasteiger partial charge is 0.383 e. The van der Waals surface area contributed by atoms with Crippen molar-refractivity contribution in [1.29, 1.82) is 0 Å². The summed E-state index contributed by atoms with van der Waals surface area (Å²) in [5.74, 6) is 1.54. The number of benzene rings is 2. The van der Waals surface area contributed by atoms with Crippen molar-refractivity contribution in [2.45, 2.75) is 6.54 Å². The molecule has 0 unspecified atom stereocenters. The molecule has 2 heterocycles. The van der Waals surface area contributed by atoms with Gasteiger partial charge in [-0.15, -0.1) is 0 Å². The second-order valence-corrected chi connectivity index (χ2v) is 5.95. The standard InChI is InChI=1S/C18H15ClN6/c19-13-9-5-4-8-12(13)10-21-17-14-15(20)22-16(23-18(14)25-24-17)11-6-2-1-3-7-11/h1-9H,10H2,(H4,20,21,22,23,24,25). The van der Waals surface area contributed by atoms with Crippen molar-refractivity contribution < 1.29 is 0 Å². The minimum Gasteiger partial charge on any atom is -0.383 e. The van der Waals surface area contributed by atoms with Gasteiger partial charge in [0, 0.05) is 17.1 Å². The summed E-state index contributed by atoms with van der Waals surface area (Å²) in [7, 11) is 0. The number of H-pyrrole nitrogens is 1. The van der Waals surface area contributed by atoms with Crippen molar-refractivity contribution in [3.05, 3.63) is 65.2 Å². The van der Waals surface area contributed by atoms with E-state index < -0.39 is 0 Å². The number of aromatic nitrogens is 4. The fraction of sp³-hybridized carbons (Fsp3) is 0.0556. The average Bonchev–Trinajstić information content (AvgIpc) is 3.05. The molecule has 4 rings (SSSR count).